The third kappa shape index (κ3) is 2.78. The molecule has 2 N–H and O–H groups in total. The number of hydrogen-bond donors (Lipinski definition) is 2. The van der Waals surface area contributed by atoms with Gasteiger partial charge in [0.15, 0.2) is 5.13 Å². The molecule has 5 rings (SSSR count). The molecule has 0 radical (unpaired) electrons. The van der Waals surface area contributed by atoms with Crippen LogP contribution in [0.5, 0.6) is 0 Å². The van der Waals surface area contributed by atoms with Crippen LogP contribution in [0.3, 0.4) is 0 Å². The minimum Gasteiger partial charge on any atom is -0.331 e. The van der Waals surface area contributed by atoms with Crippen LogP contribution in [0, 0.1) is 6.92 Å². The molecule has 1 atom stereocenters. The van der Waals surface area contributed by atoms with Gasteiger partial charge in [-0.2, -0.15) is 0 Å². The van der Waals surface area contributed by atoms with Crippen LogP contribution >= 0.6 is 34.0 Å². The molecule has 2 amide bonds. The van der Waals surface area contributed by atoms with E-state index in [0.717, 1.165) is 44.7 Å². The van der Waals surface area contributed by atoms with Crippen molar-refractivity contribution in [2.75, 3.05) is 5.32 Å². The zero-order valence-electron chi connectivity index (χ0n) is 14.0. The van der Waals surface area contributed by atoms with E-state index in [-0.39, 0.29) is 12.1 Å². The summed E-state index contributed by atoms with van der Waals surface area (Å²) in [7, 11) is 0. The summed E-state index contributed by atoms with van der Waals surface area (Å²) in [6.45, 7) is 2.01. The van der Waals surface area contributed by atoms with Crippen molar-refractivity contribution in [3.63, 3.8) is 0 Å². The van der Waals surface area contributed by atoms with E-state index in [4.69, 9.17) is 0 Å². The van der Waals surface area contributed by atoms with E-state index in [0.29, 0.717) is 5.13 Å². The average Bonchev–Trinajstić information content (AvgIpc) is 3.30. The molecule has 0 bridgehead atoms. The summed E-state index contributed by atoms with van der Waals surface area (Å²) in [6.07, 6.45) is 3.22. The number of benzene rings is 1. The number of urea groups is 1. The van der Waals surface area contributed by atoms with Gasteiger partial charge in [0.2, 0.25) is 0 Å². The minimum atomic E-state index is -0.190. The summed E-state index contributed by atoms with van der Waals surface area (Å²) >= 11 is 4.95. The topological polar surface area (TPSA) is 66.9 Å². The Morgan fingerprint density at radius 3 is 2.85 bits per heavy atom. The fourth-order valence-corrected chi connectivity index (χ4v) is 6.45. The lowest BCUT2D eigenvalue weighted by Crippen LogP contribution is -2.33. The van der Waals surface area contributed by atoms with Crippen LogP contribution in [0.1, 0.15) is 34.3 Å². The number of aromatic nitrogens is 2. The Morgan fingerprint density at radius 1 is 1.15 bits per heavy atom. The SMILES string of the molecule is Cc1nc2ccc3nc(NC(=O)NC4CCCc5sccc54)sc3c2s1. The maximum Gasteiger partial charge on any atom is 0.321 e. The predicted molar refractivity (Wildman–Crippen MR) is 110 cm³/mol. The Labute approximate surface area is 162 Å². The van der Waals surface area contributed by atoms with Crippen molar-refractivity contribution < 1.29 is 4.79 Å². The third-order valence-corrected chi connectivity index (χ3v) is 7.73. The highest BCUT2D eigenvalue weighted by Gasteiger charge is 2.23. The second kappa shape index (κ2) is 6.29. The summed E-state index contributed by atoms with van der Waals surface area (Å²) < 4.78 is 2.22. The highest BCUT2D eigenvalue weighted by molar-refractivity contribution is 7.28. The van der Waals surface area contributed by atoms with Crippen LogP contribution in [0.4, 0.5) is 9.93 Å². The fraction of sp³-hybridized carbons (Fsp3) is 0.278. The van der Waals surface area contributed by atoms with Crippen molar-refractivity contribution in [2.45, 2.75) is 32.2 Å². The van der Waals surface area contributed by atoms with E-state index in [1.807, 2.05) is 19.1 Å². The third-order valence-electron chi connectivity index (χ3n) is 4.60. The Morgan fingerprint density at radius 2 is 1.96 bits per heavy atom. The average molecular weight is 401 g/mol. The van der Waals surface area contributed by atoms with E-state index < -0.39 is 0 Å². The van der Waals surface area contributed by atoms with Crippen molar-refractivity contribution in [2.24, 2.45) is 0 Å². The maximum absolute atomic E-state index is 12.5. The van der Waals surface area contributed by atoms with Gasteiger partial charge in [-0.15, -0.1) is 22.7 Å². The van der Waals surface area contributed by atoms with Gasteiger partial charge in [-0.05, 0) is 55.3 Å². The Kier molecular flexibility index (Phi) is 3.91. The number of thiophene rings is 1. The van der Waals surface area contributed by atoms with Crippen LogP contribution in [-0.4, -0.2) is 16.0 Å². The molecular formula is C18H16N4OS3. The van der Waals surface area contributed by atoms with Gasteiger partial charge in [0.05, 0.1) is 31.5 Å². The molecule has 0 saturated carbocycles. The highest BCUT2D eigenvalue weighted by Crippen LogP contribution is 2.36. The van der Waals surface area contributed by atoms with E-state index in [2.05, 4.69) is 32.0 Å². The number of nitrogens with one attached hydrogen (secondary N) is 2. The lowest BCUT2D eigenvalue weighted by atomic mass is 9.94. The first-order valence-electron chi connectivity index (χ1n) is 8.48. The van der Waals surface area contributed by atoms with Gasteiger partial charge in [-0.25, -0.2) is 14.8 Å². The molecular weight excluding hydrogens is 384 g/mol. The summed E-state index contributed by atoms with van der Waals surface area (Å²) in [5, 5.41) is 9.80. The Balaban J connectivity index is 1.38. The van der Waals surface area contributed by atoms with Gasteiger partial charge in [0.1, 0.15) is 0 Å². The number of thiazole rings is 2. The number of amides is 2. The highest BCUT2D eigenvalue weighted by atomic mass is 32.1. The molecule has 1 unspecified atom stereocenters. The zero-order valence-corrected chi connectivity index (χ0v) is 16.5. The molecule has 1 aliphatic carbocycles. The number of fused-ring (bicyclic) bond motifs is 4. The lowest BCUT2D eigenvalue weighted by molar-refractivity contribution is 0.247. The number of hydrogen-bond acceptors (Lipinski definition) is 6. The minimum absolute atomic E-state index is 0.0928. The molecule has 0 aliphatic heterocycles. The summed E-state index contributed by atoms with van der Waals surface area (Å²) in [6, 6.07) is 5.99. The Bertz CT molecular complexity index is 1130. The summed E-state index contributed by atoms with van der Waals surface area (Å²) in [5.41, 5.74) is 3.16. The standard InChI is InChI=1S/C18H16N4OS3/c1-9-19-12-5-6-13-16(15(12)25-9)26-18(21-13)22-17(23)20-11-3-2-4-14-10(11)7-8-24-14/h5-8,11H,2-4H2,1H3,(H2,20,21,22,23). The van der Waals surface area contributed by atoms with E-state index >= 15 is 0 Å². The van der Waals surface area contributed by atoms with Crippen molar-refractivity contribution in [3.05, 3.63) is 39.0 Å². The number of carbonyl (C=O) groups is 1. The van der Waals surface area contributed by atoms with E-state index in [1.54, 1.807) is 22.7 Å². The zero-order chi connectivity index (χ0) is 17.7. The summed E-state index contributed by atoms with van der Waals surface area (Å²) in [4.78, 5) is 23.0. The quantitative estimate of drug-likeness (QED) is 0.468. The molecule has 1 aliphatic rings. The first-order valence-corrected chi connectivity index (χ1v) is 11.0. The monoisotopic (exact) mass is 400 g/mol. The molecule has 0 saturated heterocycles. The number of rotatable bonds is 2. The molecule has 1 aromatic carbocycles. The van der Waals surface area contributed by atoms with Crippen molar-refractivity contribution in [1.82, 2.24) is 15.3 Å². The molecule has 3 aromatic heterocycles. The largest absolute Gasteiger partial charge is 0.331 e. The number of aryl methyl sites for hydroxylation is 2. The van der Waals surface area contributed by atoms with Gasteiger partial charge in [0, 0.05) is 4.88 Å². The molecule has 3 heterocycles. The molecule has 26 heavy (non-hydrogen) atoms. The van der Waals surface area contributed by atoms with Crippen molar-refractivity contribution in [3.8, 4) is 0 Å². The number of carbonyl (C=O) groups excluding carboxylic acids is 1. The smallest absolute Gasteiger partial charge is 0.321 e. The Hall–Kier alpha value is -2.03. The first-order chi connectivity index (χ1) is 12.7. The second-order valence-corrected chi connectivity index (χ2v) is 9.56. The lowest BCUT2D eigenvalue weighted by Gasteiger charge is -2.23. The normalized spacial score (nSPS) is 16.7. The molecule has 4 aromatic rings. The van der Waals surface area contributed by atoms with Crippen LogP contribution in [0.25, 0.3) is 20.4 Å². The van der Waals surface area contributed by atoms with Gasteiger partial charge < -0.3 is 5.32 Å². The van der Waals surface area contributed by atoms with E-state index in [1.165, 1.54) is 21.8 Å². The van der Waals surface area contributed by atoms with Gasteiger partial charge in [-0.3, -0.25) is 5.32 Å². The van der Waals surface area contributed by atoms with Crippen LogP contribution in [-0.2, 0) is 6.42 Å². The predicted octanol–water partition coefficient (Wildman–Crippen LogP) is 5.48. The molecule has 132 valence electrons. The van der Waals surface area contributed by atoms with Gasteiger partial charge >= 0.3 is 6.03 Å². The summed E-state index contributed by atoms with van der Waals surface area (Å²) in [5.74, 6) is 0. The van der Waals surface area contributed by atoms with Gasteiger partial charge in [0.25, 0.3) is 0 Å². The van der Waals surface area contributed by atoms with Crippen molar-refractivity contribution >= 4 is 65.6 Å². The van der Waals surface area contributed by atoms with E-state index in [9.17, 15) is 4.79 Å². The maximum atomic E-state index is 12.5. The molecule has 8 heteroatoms. The number of nitrogens with zero attached hydrogens (tertiary/aromatic N) is 2. The molecule has 0 fully saturated rings. The van der Waals surface area contributed by atoms with Gasteiger partial charge in [-0.1, -0.05) is 11.3 Å². The molecule has 5 nitrogen and oxygen atoms in total. The van der Waals surface area contributed by atoms with Crippen LogP contribution in [0.2, 0.25) is 0 Å². The van der Waals surface area contributed by atoms with Crippen LogP contribution < -0.4 is 10.6 Å². The first kappa shape index (κ1) is 16.2. The van der Waals surface area contributed by atoms with Crippen LogP contribution in [0.15, 0.2) is 23.6 Å². The van der Waals surface area contributed by atoms with Crippen molar-refractivity contribution in [1.29, 1.82) is 0 Å². The number of anilines is 1. The molecule has 0 spiro atoms. The fourth-order valence-electron chi connectivity index (χ4n) is 3.47. The second-order valence-electron chi connectivity index (χ2n) is 6.36.